The summed E-state index contributed by atoms with van der Waals surface area (Å²) in [6.45, 7) is 2.48. The standard InChI is InChI=1S/C16H24N2O2.ClH/c1-12(20-14-7-3-2-4-8-14)11-18-16(19)10-13-6-5-9-15(13)17;/h2-4,7-8,12-13,15H,5-6,9-11,17H2,1H3,(H,18,19);1H/t12?,13-,15+;/m0./s1. The Hall–Kier alpha value is -1.26. The van der Waals surface area contributed by atoms with Crippen molar-refractivity contribution in [3.63, 3.8) is 0 Å². The predicted octanol–water partition coefficient (Wildman–Crippen LogP) is 2.51. The number of carbonyl (C=O) groups excluding carboxylic acids is 1. The fraction of sp³-hybridized carbons (Fsp3) is 0.562. The largest absolute Gasteiger partial charge is 0.489 e. The third-order valence-corrected chi connectivity index (χ3v) is 3.83. The maximum absolute atomic E-state index is 11.9. The van der Waals surface area contributed by atoms with Crippen molar-refractivity contribution in [2.24, 2.45) is 11.7 Å². The highest BCUT2D eigenvalue weighted by Gasteiger charge is 2.25. The number of hydrogen-bond donors (Lipinski definition) is 2. The van der Waals surface area contributed by atoms with Crippen molar-refractivity contribution >= 4 is 18.3 Å². The molecule has 21 heavy (non-hydrogen) atoms. The van der Waals surface area contributed by atoms with Gasteiger partial charge in [0.1, 0.15) is 11.9 Å². The van der Waals surface area contributed by atoms with Crippen LogP contribution in [0.3, 0.4) is 0 Å². The van der Waals surface area contributed by atoms with Crippen molar-refractivity contribution in [3.05, 3.63) is 30.3 Å². The van der Waals surface area contributed by atoms with E-state index >= 15 is 0 Å². The van der Waals surface area contributed by atoms with Crippen LogP contribution < -0.4 is 15.8 Å². The Morgan fingerprint density at radius 3 is 2.71 bits per heavy atom. The molecule has 3 atom stereocenters. The average Bonchev–Trinajstić information content (AvgIpc) is 2.83. The van der Waals surface area contributed by atoms with Gasteiger partial charge in [0.15, 0.2) is 0 Å². The van der Waals surface area contributed by atoms with Crippen LogP contribution in [0.1, 0.15) is 32.6 Å². The van der Waals surface area contributed by atoms with Gasteiger partial charge < -0.3 is 15.8 Å². The van der Waals surface area contributed by atoms with E-state index in [0.29, 0.717) is 18.9 Å². The van der Waals surface area contributed by atoms with Crippen LogP contribution in [0, 0.1) is 5.92 Å². The second-order valence-electron chi connectivity index (χ2n) is 5.60. The molecule has 1 saturated carbocycles. The van der Waals surface area contributed by atoms with Gasteiger partial charge >= 0.3 is 0 Å². The molecule has 118 valence electrons. The summed E-state index contributed by atoms with van der Waals surface area (Å²) in [5.74, 6) is 1.25. The van der Waals surface area contributed by atoms with E-state index in [1.165, 1.54) is 0 Å². The molecule has 0 bridgehead atoms. The number of hydrogen-bond acceptors (Lipinski definition) is 3. The lowest BCUT2D eigenvalue weighted by Crippen LogP contribution is -2.36. The van der Waals surface area contributed by atoms with Crippen LogP contribution in [-0.4, -0.2) is 24.6 Å². The second kappa shape index (κ2) is 8.90. The zero-order valence-corrected chi connectivity index (χ0v) is 13.3. The minimum absolute atomic E-state index is 0. The van der Waals surface area contributed by atoms with Crippen LogP contribution in [0.2, 0.25) is 0 Å². The normalized spacial score (nSPS) is 22.2. The molecular weight excluding hydrogens is 288 g/mol. The maximum Gasteiger partial charge on any atom is 0.220 e. The van der Waals surface area contributed by atoms with Gasteiger partial charge in [0.25, 0.3) is 0 Å². The molecule has 2 rings (SSSR count). The fourth-order valence-electron chi connectivity index (χ4n) is 2.66. The summed E-state index contributed by atoms with van der Waals surface area (Å²) in [5.41, 5.74) is 5.98. The molecule has 0 radical (unpaired) electrons. The number of rotatable bonds is 6. The van der Waals surface area contributed by atoms with Gasteiger partial charge in [-0.05, 0) is 37.8 Å². The van der Waals surface area contributed by atoms with Crippen molar-refractivity contribution in [1.82, 2.24) is 5.32 Å². The minimum Gasteiger partial charge on any atom is -0.489 e. The molecule has 1 unspecified atom stereocenters. The molecule has 5 heteroatoms. The Labute approximate surface area is 132 Å². The molecule has 1 aromatic rings. The van der Waals surface area contributed by atoms with Gasteiger partial charge in [0.2, 0.25) is 5.91 Å². The first-order valence-corrected chi connectivity index (χ1v) is 7.39. The number of amides is 1. The van der Waals surface area contributed by atoms with E-state index in [2.05, 4.69) is 5.32 Å². The zero-order chi connectivity index (χ0) is 14.4. The highest BCUT2D eigenvalue weighted by atomic mass is 35.5. The summed E-state index contributed by atoms with van der Waals surface area (Å²) >= 11 is 0. The van der Waals surface area contributed by atoms with Gasteiger partial charge in [0.05, 0.1) is 6.54 Å². The van der Waals surface area contributed by atoms with E-state index in [9.17, 15) is 4.79 Å². The van der Waals surface area contributed by atoms with Crippen molar-refractivity contribution < 1.29 is 9.53 Å². The van der Waals surface area contributed by atoms with Crippen molar-refractivity contribution in [3.8, 4) is 5.75 Å². The summed E-state index contributed by atoms with van der Waals surface area (Å²) < 4.78 is 5.72. The SMILES string of the molecule is CC(CNC(=O)C[C@@H]1CCC[C@H]1N)Oc1ccccc1.Cl. The predicted molar refractivity (Wildman–Crippen MR) is 86.7 cm³/mol. The quantitative estimate of drug-likeness (QED) is 0.848. The first-order chi connectivity index (χ1) is 9.65. The number of halogens is 1. The van der Waals surface area contributed by atoms with Crippen molar-refractivity contribution in [2.75, 3.05) is 6.54 Å². The molecule has 0 aromatic heterocycles. The van der Waals surface area contributed by atoms with E-state index < -0.39 is 0 Å². The van der Waals surface area contributed by atoms with Crippen molar-refractivity contribution in [1.29, 1.82) is 0 Å². The highest BCUT2D eigenvalue weighted by molar-refractivity contribution is 5.85. The summed E-state index contributed by atoms with van der Waals surface area (Å²) in [4.78, 5) is 11.9. The molecule has 1 fully saturated rings. The van der Waals surface area contributed by atoms with Crippen LogP contribution in [0.25, 0.3) is 0 Å². The lowest BCUT2D eigenvalue weighted by molar-refractivity contribution is -0.122. The molecule has 0 spiro atoms. The Balaban J connectivity index is 0.00000220. The monoisotopic (exact) mass is 312 g/mol. The molecule has 1 aliphatic carbocycles. The molecule has 0 saturated heterocycles. The topological polar surface area (TPSA) is 64.4 Å². The maximum atomic E-state index is 11.9. The summed E-state index contributed by atoms with van der Waals surface area (Å²) in [5, 5.41) is 2.93. The molecule has 0 aliphatic heterocycles. The van der Waals surface area contributed by atoms with E-state index in [0.717, 1.165) is 25.0 Å². The van der Waals surface area contributed by atoms with Crippen LogP contribution in [0.15, 0.2) is 30.3 Å². The lowest BCUT2D eigenvalue weighted by atomic mass is 10.00. The zero-order valence-electron chi connectivity index (χ0n) is 12.5. The summed E-state index contributed by atoms with van der Waals surface area (Å²) in [7, 11) is 0. The Kier molecular flexibility index (Phi) is 7.54. The summed E-state index contributed by atoms with van der Waals surface area (Å²) in [6.07, 6.45) is 3.76. The van der Waals surface area contributed by atoms with Crippen molar-refractivity contribution in [2.45, 2.75) is 44.8 Å². The van der Waals surface area contributed by atoms with Crippen LogP contribution >= 0.6 is 12.4 Å². The molecule has 4 nitrogen and oxygen atoms in total. The Morgan fingerprint density at radius 2 is 2.10 bits per heavy atom. The smallest absolute Gasteiger partial charge is 0.220 e. The fourth-order valence-corrected chi connectivity index (χ4v) is 2.66. The third kappa shape index (κ3) is 5.94. The van der Waals surface area contributed by atoms with E-state index in [1.807, 2.05) is 37.3 Å². The highest BCUT2D eigenvalue weighted by Crippen LogP contribution is 2.26. The van der Waals surface area contributed by atoms with Gasteiger partial charge in [-0.1, -0.05) is 24.6 Å². The van der Waals surface area contributed by atoms with Gasteiger partial charge in [-0.2, -0.15) is 0 Å². The second-order valence-corrected chi connectivity index (χ2v) is 5.60. The van der Waals surface area contributed by atoms with E-state index in [1.54, 1.807) is 0 Å². The van der Waals surface area contributed by atoms with Gasteiger partial charge in [-0.15, -0.1) is 12.4 Å². The van der Waals surface area contributed by atoms with E-state index in [4.69, 9.17) is 10.5 Å². The van der Waals surface area contributed by atoms with Gasteiger partial charge in [0, 0.05) is 12.5 Å². The summed E-state index contributed by atoms with van der Waals surface area (Å²) in [6, 6.07) is 9.83. The van der Waals surface area contributed by atoms with Crippen LogP contribution in [-0.2, 0) is 4.79 Å². The molecule has 3 N–H and O–H groups in total. The average molecular weight is 313 g/mol. The number of para-hydroxylation sites is 1. The molecular formula is C16H25ClN2O2. The van der Waals surface area contributed by atoms with Crippen LogP contribution in [0.4, 0.5) is 0 Å². The Bertz CT molecular complexity index is 428. The number of benzene rings is 1. The minimum atomic E-state index is -0.0430. The molecule has 1 aromatic carbocycles. The first kappa shape index (κ1) is 17.8. The molecule has 0 heterocycles. The van der Waals surface area contributed by atoms with Gasteiger partial charge in [-0.25, -0.2) is 0 Å². The third-order valence-electron chi connectivity index (χ3n) is 3.83. The molecule has 1 amide bonds. The number of nitrogens with two attached hydrogens (primary N) is 1. The van der Waals surface area contributed by atoms with E-state index in [-0.39, 0.29) is 30.5 Å². The lowest BCUT2D eigenvalue weighted by Gasteiger charge is -2.18. The Morgan fingerprint density at radius 1 is 1.38 bits per heavy atom. The first-order valence-electron chi connectivity index (χ1n) is 7.39. The molecule has 1 aliphatic rings. The number of nitrogens with one attached hydrogen (secondary N) is 1. The van der Waals surface area contributed by atoms with Crippen LogP contribution in [0.5, 0.6) is 5.75 Å². The number of carbonyl (C=O) groups is 1. The number of ether oxygens (including phenoxy) is 1. The van der Waals surface area contributed by atoms with Gasteiger partial charge in [-0.3, -0.25) is 4.79 Å².